The van der Waals surface area contributed by atoms with E-state index in [1.807, 2.05) is 31.2 Å². The van der Waals surface area contributed by atoms with Crippen molar-refractivity contribution >= 4 is 21.6 Å². The molecule has 0 saturated heterocycles. The average molecular weight is 357 g/mol. The van der Waals surface area contributed by atoms with Crippen molar-refractivity contribution in [2.24, 2.45) is 0 Å². The Labute approximate surface area is 147 Å². The van der Waals surface area contributed by atoms with Crippen LogP contribution in [0, 0.1) is 11.3 Å². The number of para-hydroxylation sites is 1. The Balaban J connectivity index is 2.13. The monoisotopic (exact) mass is 357 g/mol. The van der Waals surface area contributed by atoms with Gasteiger partial charge in [0.05, 0.1) is 23.1 Å². The molecule has 2 aromatic rings. The Morgan fingerprint density at radius 2 is 1.92 bits per heavy atom. The van der Waals surface area contributed by atoms with Crippen LogP contribution in [0.4, 0.5) is 5.69 Å². The number of benzene rings is 2. The first-order valence-electron chi connectivity index (χ1n) is 7.72. The molecule has 0 unspecified atom stereocenters. The third kappa shape index (κ3) is 4.44. The van der Waals surface area contributed by atoms with E-state index in [-0.39, 0.29) is 17.0 Å². The molecule has 2 aromatic carbocycles. The molecule has 0 fully saturated rings. The van der Waals surface area contributed by atoms with Crippen molar-refractivity contribution < 1.29 is 13.2 Å². The Morgan fingerprint density at radius 3 is 2.60 bits per heavy atom. The number of likely N-dealkylation sites (N-methyl/N-ethyl adjacent to an activating group) is 1. The fourth-order valence-corrected chi connectivity index (χ4v) is 3.51. The van der Waals surface area contributed by atoms with Crippen LogP contribution in [0.1, 0.15) is 18.1 Å². The Hall–Kier alpha value is -2.69. The van der Waals surface area contributed by atoms with Crippen LogP contribution in [-0.2, 0) is 21.2 Å². The number of nitriles is 1. The van der Waals surface area contributed by atoms with Crippen molar-refractivity contribution in [2.75, 3.05) is 18.9 Å². The van der Waals surface area contributed by atoms with Crippen LogP contribution in [0.2, 0.25) is 0 Å². The van der Waals surface area contributed by atoms with E-state index in [1.54, 1.807) is 6.07 Å². The maximum absolute atomic E-state index is 12.5. The summed E-state index contributed by atoms with van der Waals surface area (Å²) in [6.07, 6.45) is 0.755. The first kappa shape index (κ1) is 18.6. The van der Waals surface area contributed by atoms with Crippen LogP contribution < -0.4 is 5.32 Å². The lowest BCUT2D eigenvalue weighted by Gasteiger charge is -2.17. The number of amides is 1. The number of carbonyl (C=O) groups excluding carboxylic acids is 1. The minimum absolute atomic E-state index is 0.0178. The minimum Gasteiger partial charge on any atom is -0.325 e. The Morgan fingerprint density at radius 1 is 1.20 bits per heavy atom. The molecule has 0 aliphatic rings. The van der Waals surface area contributed by atoms with Gasteiger partial charge in [-0.05, 0) is 36.2 Å². The molecule has 1 N–H and O–H groups in total. The fourth-order valence-electron chi connectivity index (χ4n) is 2.33. The van der Waals surface area contributed by atoms with E-state index in [9.17, 15) is 13.2 Å². The predicted octanol–water partition coefficient (Wildman–Crippen LogP) is 2.38. The number of hydrogen-bond donors (Lipinski definition) is 1. The summed E-state index contributed by atoms with van der Waals surface area (Å²) in [5.74, 6) is -0.427. The maximum Gasteiger partial charge on any atom is 0.243 e. The standard InChI is InChI=1S/C18H19N3O3S/c1-3-15-8-4-5-10-17(15)20-18(22)13-21(2)25(23,24)16-9-6-7-14(11-16)12-19/h4-11H,3,13H2,1-2H3,(H,20,22). The zero-order valence-corrected chi connectivity index (χ0v) is 14.9. The average Bonchev–Trinajstić information content (AvgIpc) is 2.62. The van der Waals surface area contributed by atoms with Gasteiger partial charge in [-0.2, -0.15) is 9.57 Å². The zero-order chi connectivity index (χ0) is 18.4. The molecule has 0 aliphatic heterocycles. The number of anilines is 1. The van der Waals surface area contributed by atoms with Gasteiger partial charge >= 0.3 is 0 Å². The Bertz CT molecular complexity index is 917. The summed E-state index contributed by atoms with van der Waals surface area (Å²) in [6.45, 7) is 1.65. The van der Waals surface area contributed by atoms with Crippen LogP contribution in [-0.4, -0.2) is 32.2 Å². The topological polar surface area (TPSA) is 90.3 Å². The van der Waals surface area contributed by atoms with E-state index in [0.717, 1.165) is 16.3 Å². The molecular formula is C18H19N3O3S. The summed E-state index contributed by atoms with van der Waals surface area (Å²) in [4.78, 5) is 12.2. The van der Waals surface area contributed by atoms with E-state index >= 15 is 0 Å². The van der Waals surface area contributed by atoms with E-state index in [1.165, 1.54) is 31.3 Å². The maximum atomic E-state index is 12.5. The minimum atomic E-state index is -3.85. The molecular weight excluding hydrogens is 338 g/mol. The molecule has 1 amide bonds. The smallest absolute Gasteiger partial charge is 0.243 e. The molecule has 0 atom stereocenters. The molecule has 0 heterocycles. The normalized spacial score (nSPS) is 11.1. The number of nitrogens with one attached hydrogen (secondary N) is 1. The van der Waals surface area contributed by atoms with Gasteiger partial charge in [0.25, 0.3) is 0 Å². The van der Waals surface area contributed by atoms with Crippen molar-refractivity contribution in [3.8, 4) is 6.07 Å². The van der Waals surface area contributed by atoms with Gasteiger partial charge in [-0.15, -0.1) is 0 Å². The third-order valence-electron chi connectivity index (χ3n) is 3.71. The molecule has 0 saturated carbocycles. The molecule has 0 aliphatic carbocycles. The van der Waals surface area contributed by atoms with Gasteiger partial charge in [0.15, 0.2) is 0 Å². The molecule has 130 valence electrons. The highest BCUT2D eigenvalue weighted by Gasteiger charge is 2.23. The van der Waals surface area contributed by atoms with Crippen LogP contribution in [0.5, 0.6) is 0 Å². The summed E-state index contributed by atoms with van der Waals surface area (Å²) < 4.78 is 26.1. The van der Waals surface area contributed by atoms with Crippen molar-refractivity contribution in [1.29, 1.82) is 5.26 Å². The lowest BCUT2D eigenvalue weighted by atomic mass is 10.1. The summed E-state index contributed by atoms with van der Waals surface area (Å²) in [7, 11) is -2.52. The molecule has 6 nitrogen and oxygen atoms in total. The van der Waals surface area contributed by atoms with Gasteiger partial charge in [-0.1, -0.05) is 31.2 Å². The summed E-state index contributed by atoms with van der Waals surface area (Å²) in [5, 5.41) is 11.6. The van der Waals surface area contributed by atoms with Gasteiger partial charge in [0, 0.05) is 12.7 Å². The van der Waals surface area contributed by atoms with Crippen molar-refractivity contribution in [2.45, 2.75) is 18.2 Å². The van der Waals surface area contributed by atoms with Crippen molar-refractivity contribution in [1.82, 2.24) is 4.31 Å². The van der Waals surface area contributed by atoms with Gasteiger partial charge in [0.2, 0.25) is 15.9 Å². The van der Waals surface area contributed by atoms with Crippen LogP contribution in [0.25, 0.3) is 0 Å². The highest BCUT2D eigenvalue weighted by atomic mass is 32.2. The molecule has 0 aromatic heterocycles. The molecule has 0 spiro atoms. The SMILES string of the molecule is CCc1ccccc1NC(=O)CN(C)S(=O)(=O)c1cccc(C#N)c1. The van der Waals surface area contributed by atoms with Crippen molar-refractivity contribution in [3.63, 3.8) is 0 Å². The van der Waals surface area contributed by atoms with E-state index in [0.29, 0.717) is 5.69 Å². The highest BCUT2D eigenvalue weighted by Crippen LogP contribution is 2.17. The van der Waals surface area contributed by atoms with Gasteiger partial charge in [0.1, 0.15) is 0 Å². The lowest BCUT2D eigenvalue weighted by Crippen LogP contribution is -2.35. The molecule has 7 heteroatoms. The summed E-state index contributed by atoms with van der Waals surface area (Å²) in [6, 6.07) is 15.0. The van der Waals surface area contributed by atoms with Gasteiger partial charge in [-0.3, -0.25) is 4.79 Å². The first-order chi connectivity index (χ1) is 11.9. The quantitative estimate of drug-likeness (QED) is 0.859. The summed E-state index contributed by atoms with van der Waals surface area (Å²) >= 11 is 0. The van der Waals surface area contributed by atoms with Crippen LogP contribution in [0.15, 0.2) is 53.4 Å². The number of nitrogens with zero attached hydrogens (tertiary/aromatic N) is 2. The fraction of sp³-hybridized carbons (Fsp3) is 0.222. The molecule has 0 radical (unpaired) electrons. The lowest BCUT2D eigenvalue weighted by molar-refractivity contribution is -0.116. The largest absolute Gasteiger partial charge is 0.325 e. The number of aryl methyl sites for hydroxylation is 1. The Kier molecular flexibility index (Phi) is 5.91. The highest BCUT2D eigenvalue weighted by molar-refractivity contribution is 7.89. The van der Waals surface area contributed by atoms with Gasteiger partial charge in [-0.25, -0.2) is 8.42 Å². The second-order valence-electron chi connectivity index (χ2n) is 5.46. The van der Waals surface area contributed by atoms with Crippen LogP contribution in [0.3, 0.4) is 0 Å². The van der Waals surface area contributed by atoms with E-state index < -0.39 is 15.9 Å². The molecule has 25 heavy (non-hydrogen) atoms. The number of carbonyl (C=O) groups is 1. The first-order valence-corrected chi connectivity index (χ1v) is 9.16. The van der Waals surface area contributed by atoms with E-state index in [4.69, 9.17) is 5.26 Å². The second kappa shape index (κ2) is 7.92. The summed E-state index contributed by atoms with van der Waals surface area (Å²) in [5.41, 5.74) is 1.89. The third-order valence-corrected chi connectivity index (χ3v) is 5.51. The van der Waals surface area contributed by atoms with E-state index in [2.05, 4.69) is 5.32 Å². The van der Waals surface area contributed by atoms with Crippen molar-refractivity contribution in [3.05, 3.63) is 59.7 Å². The molecule has 2 rings (SSSR count). The second-order valence-corrected chi connectivity index (χ2v) is 7.50. The number of hydrogen-bond acceptors (Lipinski definition) is 4. The molecule has 0 bridgehead atoms. The zero-order valence-electron chi connectivity index (χ0n) is 14.1. The number of sulfonamides is 1. The van der Waals surface area contributed by atoms with Gasteiger partial charge < -0.3 is 5.32 Å². The number of rotatable bonds is 6. The van der Waals surface area contributed by atoms with Crippen LogP contribution >= 0.6 is 0 Å². The predicted molar refractivity (Wildman–Crippen MR) is 95.4 cm³/mol.